The molecule has 0 fully saturated rings. The summed E-state index contributed by atoms with van der Waals surface area (Å²) in [4.78, 5) is 37.2. The number of hydrogen-bond donors (Lipinski definition) is 1. The van der Waals surface area contributed by atoms with Crippen LogP contribution in [-0.4, -0.2) is 48.6 Å². The fraction of sp³-hybridized carbons (Fsp3) is 0.471. The highest BCUT2D eigenvalue weighted by Gasteiger charge is 2.38. The molecule has 24 heavy (non-hydrogen) atoms. The number of amides is 2. The lowest BCUT2D eigenvalue weighted by Crippen LogP contribution is -2.56. The molecule has 1 rings (SSSR count). The first-order valence-electron chi connectivity index (χ1n) is 7.53. The fourth-order valence-electron chi connectivity index (χ4n) is 1.96. The molecule has 132 valence electrons. The molecule has 7 nitrogen and oxygen atoms in total. The Labute approximate surface area is 141 Å². The maximum atomic E-state index is 12.4. The smallest absolute Gasteiger partial charge is 0.408 e. The second-order valence-electron chi connectivity index (χ2n) is 5.88. The van der Waals surface area contributed by atoms with Crippen molar-refractivity contribution in [3.05, 3.63) is 35.9 Å². The molecule has 0 bridgehead atoms. The Bertz CT molecular complexity index is 586. The maximum absolute atomic E-state index is 12.4. The van der Waals surface area contributed by atoms with Gasteiger partial charge in [0.25, 0.3) is 0 Å². The van der Waals surface area contributed by atoms with Gasteiger partial charge in [0.1, 0.15) is 18.2 Å². The number of esters is 1. The highest BCUT2D eigenvalue weighted by atomic mass is 16.5. The maximum Gasteiger partial charge on any atom is 0.408 e. The van der Waals surface area contributed by atoms with E-state index >= 15 is 0 Å². The van der Waals surface area contributed by atoms with E-state index in [-0.39, 0.29) is 6.61 Å². The van der Waals surface area contributed by atoms with Crippen molar-refractivity contribution >= 4 is 18.0 Å². The van der Waals surface area contributed by atoms with Crippen molar-refractivity contribution in [1.82, 2.24) is 10.2 Å². The van der Waals surface area contributed by atoms with Crippen LogP contribution in [0.25, 0.3) is 0 Å². The van der Waals surface area contributed by atoms with Crippen LogP contribution in [-0.2, 0) is 25.7 Å². The van der Waals surface area contributed by atoms with E-state index in [2.05, 4.69) is 10.1 Å². The summed E-state index contributed by atoms with van der Waals surface area (Å²) in [7, 11) is 2.73. The Balaban J connectivity index is 2.56. The quantitative estimate of drug-likeness (QED) is 0.800. The number of nitrogens with zero attached hydrogens (tertiary/aromatic N) is 1. The van der Waals surface area contributed by atoms with Crippen molar-refractivity contribution in [1.29, 1.82) is 0 Å². The van der Waals surface area contributed by atoms with Crippen LogP contribution in [0.1, 0.15) is 26.3 Å². The topological polar surface area (TPSA) is 84.9 Å². The molecular weight excluding hydrogens is 312 g/mol. The lowest BCUT2D eigenvalue weighted by molar-refractivity contribution is -0.158. The zero-order chi connectivity index (χ0) is 18.3. The highest BCUT2D eigenvalue weighted by molar-refractivity contribution is 5.91. The summed E-state index contributed by atoms with van der Waals surface area (Å²) in [6.07, 6.45) is -0.705. The lowest BCUT2D eigenvalue weighted by atomic mass is 10.0. The van der Waals surface area contributed by atoms with Crippen LogP contribution in [0.15, 0.2) is 30.3 Å². The molecular formula is C17H24N2O5. The summed E-state index contributed by atoms with van der Waals surface area (Å²) in [6, 6.07) is 8.35. The Kier molecular flexibility index (Phi) is 6.76. The molecule has 0 spiro atoms. The zero-order valence-corrected chi connectivity index (χ0v) is 14.7. The molecule has 0 heterocycles. The molecule has 0 radical (unpaired) electrons. The number of carbonyl (C=O) groups is 3. The zero-order valence-electron chi connectivity index (χ0n) is 14.7. The molecule has 0 unspecified atom stereocenters. The normalized spacial score (nSPS) is 12.0. The molecule has 1 aromatic carbocycles. The third-order valence-corrected chi connectivity index (χ3v) is 3.77. The highest BCUT2D eigenvalue weighted by Crippen LogP contribution is 2.15. The molecule has 7 heteroatoms. The molecule has 0 saturated heterocycles. The first-order valence-corrected chi connectivity index (χ1v) is 7.53. The monoisotopic (exact) mass is 336 g/mol. The number of hydrogen-bond acceptors (Lipinski definition) is 5. The van der Waals surface area contributed by atoms with E-state index in [4.69, 9.17) is 4.74 Å². The van der Waals surface area contributed by atoms with Crippen LogP contribution in [0.4, 0.5) is 4.79 Å². The summed E-state index contributed by atoms with van der Waals surface area (Å²) in [5.41, 5.74) is -0.300. The van der Waals surface area contributed by atoms with Gasteiger partial charge < -0.3 is 19.7 Å². The predicted octanol–water partition coefficient (Wildman–Crippen LogP) is 1.71. The van der Waals surface area contributed by atoms with E-state index in [0.29, 0.717) is 0 Å². The van der Waals surface area contributed by atoms with Crippen molar-refractivity contribution in [3.63, 3.8) is 0 Å². The van der Waals surface area contributed by atoms with Crippen LogP contribution in [0.2, 0.25) is 0 Å². The van der Waals surface area contributed by atoms with Gasteiger partial charge in [-0.3, -0.25) is 4.79 Å². The van der Waals surface area contributed by atoms with Crippen LogP contribution in [0.5, 0.6) is 0 Å². The molecule has 0 aliphatic heterocycles. The van der Waals surface area contributed by atoms with Crippen molar-refractivity contribution < 1.29 is 23.9 Å². The van der Waals surface area contributed by atoms with Crippen LogP contribution < -0.4 is 5.32 Å². The average Bonchev–Trinajstić information content (AvgIpc) is 2.58. The first-order chi connectivity index (χ1) is 11.2. The molecule has 1 atom stereocenters. The SMILES string of the molecule is COC(=O)C(C)(C)N(C)C(=O)[C@H](C)NC(=O)OCc1ccccc1. The van der Waals surface area contributed by atoms with Gasteiger partial charge in [0.15, 0.2) is 0 Å². The number of ether oxygens (including phenoxy) is 2. The summed E-state index contributed by atoms with van der Waals surface area (Å²) in [5, 5.41) is 2.46. The Morgan fingerprint density at radius 2 is 1.79 bits per heavy atom. The lowest BCUT2D eigenvalue weighted by Gasteiger charge is -2.34. The van der Waals surface area contributed by atoms with E-state index in [0.717, 1.165) is 5.56 Å². The molecule has 0 aromatic heterocycles. The summed E-state index contributed by atoms with van der Waals surface area (Å²) in [5.74, 6) is -0.973. The Morgan fingerprint density at radius 3 is 2.33 bits per heavy atom. The number of alkyl carbamates (subject to hydrolysis) is 1. The average molecular weight is 336 g/mol. The largest absolute Gasteiger partial charge is 0.467 e. The van der Waals surface area contributed by atoms with Crippen molar-refractivity contribution in [2.75, 3.05) is 14.2 Å². The van der Waals surface area contributed by atoms with Crippen LogP contribution >= 0.6 is 0 Å². The second-order valence-corrected chi connectivity index (χ2v) is 5.88. The van der Waals surface area contributed by atoms with Gasteiger partial charge in [0.05, 0.1) is 7.11 Å². The van der Waals surface area contributed by atoms with Crippen molar-refractivity contribution in [2.24, 2.45) is 0 Å². The van der Waals surface area contributed by atoms with Gasteiger partial charge in [-0.05, 0) is 26.3 Å². The number of methoxy groups -OCH3 is 1. The van der Waals surface area contributed by atoms with E-state index < -0.39 is 29.6 Å². The summed E-state index contributed by atoms with van der Waals surface area (Å²) in [6.45, 7) is 4.77. The van der Waals surface area contributed by atoms with E-state index in [1.807, 2.05) is 30.3 Å². The number of nitrogens with one attached hydrogen (secondary N) is 1. The molecule has 2 amide bonds. The minimum Gasteiger partial charge on any atom is -0.467 e. The molecule has 0 saturated carbocycles. The second kappa shape index (κ2) is 8.33. The predicted molar refractivity (Wildman–Crippen MR) is 88.1 cm³/mol. The van der Waals surface area contributed by atoms with Gasteiger partial charge in [-0.25, -0.2) is 9.59 Å². The van der Waals surface area contributed by atoms with Gasteiger partial charge in [0.2, 0.25) is 5.91 Å². The van der Waals surface area contributed by atoms with E-state index in [1.165, 1.54) is 26.0 Å². The third-order valence-electron chi connectivity index (χ3n) is 3.77. The summed E-state index contributed by atoms with van der Waals surface area (Å²) < 4.78 is 9.76. The van der Waals surface area contributed by atoms with Gasteiger partial charge in [-0.2, -0.15) is 0 Å². The standard InChI is InChI=1S/C17H24N2O5/c1-12(14(20)19(4)17(2,3)15(21)23-5)18-16(22)24-11-13-9-7-6-8-10-13/h6-10,12H,11H2,1-5H3,(H,18,22)/t12-/m0/s1. The van der Waals surface area contributed by atoms with Crippen LogP contribution in [0, 0.1) is 0 Å². The van der Waals surface area contributed by atoms with Crippen molar-refractivity contribution in [3.8, 4) is 0 Å². The third kappa shape index (κ3) is 4.97. The molecule has 1 aromatic rings. The summed E-state index contributed by atoms with van der Waals surface area (Å²) >= 11 is 0. The number of carbonyl (C=O) groups excluding carboxylic acids is 3. The minimum atomic E-state index is -1.14. The first kappa shape index (κ1) is 19.5. The Morgan fingerprint density at radius 1 is 1.21 bits per heavy atom. The number of likely N-dealkylation sites (N-methyl/N-ethyl adjacent to an activating group) is 1. The molecule has 0 aliphatic carbocycles. The van der Waals surface area contributed by atoms with Crippen molar-refractivity contribution in [2.45, 2.75) is 39.0 Å². The Hall–Kier alpha value is -2.57. The van der Waals surface area contributed by atoms with E-state index in [9.17, 15) is 14.4 Å². The van der Waals surface area contributed by atoms with Gasteiger partial charge in [-0.1, -0.05) is 30.3 Å². The van der Waals surface area contributed by atoms with Crippen LogP contribution in [0.3, 0.4) is 0 Å². The minimum absolute atomic E-state index is 0.108. The molecule has 1 N–H and O–H groups in total. The van der Waals surface area contributed by atoms with Gasteiger partial charge >= 0.3 is 12.1 Å². The number of benzene rings is 1. The fourth-order valence-corrected chi connectivity index (χ4v) is 1.96. The van der Waals surface area contributed by atoms with E-state index in [1.54, 1.807) is 13.8 Å². The number of rotatable bonds is 6. The molecule has 0 aliphatic rings. The van der Waals surface area contributed by atoms with Gasteiger partial charge in [0, 0.05) is 7.05 Å². The van der Waals surface area contributed by atoms with Gasteiger partial charge in [-0.15, -0.1) is 0 Å².